The first-order valence-corrected chi connectivity index (χ1v) is 6.14. The van der Waals surface area contributed by atoms with E-state index in [4.69, 9.17) is 11.0 Å². The Labute approximate surface area is 100 Å². The number of thioether (sulfide) groups is 1. The van der Waals surface area contributed by atoms with E-state index < -0.39 is 0 Å². The van der Waals surface area contributed by atoms with Crippen LogP contribution in [0.25, 0.3) is 0 Å². The normalized spacial score (nSPS) is 11.1. The van der Waals surface area contributed by atoms with Gasteiger partial charge in [-0.3, -0.25) is 0 Å². The van der Waals surface area contributed by atoms with Crippen LogP contribution in [0.2, 0.25) is 0 Å². The average molecular weight is 236 g/mol. The molecule has 0 spiro atoms. The maximum absolute atomic E-state index is 8.86. The molecule has 0 saturated carbocycles. The molecule has 1 aromatic rings. The third-order valence-corrected chi connectivity index (χ3v) is 3.26. The molecule has 1 rings (SSSR count). The van der Waals surface area contributed by atoms with Crippen molar-refractivity contribution in [3.63, 3.8) is 0 Å². The molecule has 0 amide bonds. The lowest BCUT2D eigenvalue weighted by Crippen LogP contribution is -2.07. The lowest BCUT2D eigenvalue weighted by molar-refractivity contribution is 0.448. The number of hydrogen-bond acceptors (Lipinski definition) is 5. The van der Waals surface area contributed by atoms with Crippen LogP contribution < -0.4 is 5.73 Å². The second kappa shape index (κ2) is 5.71. The Kier molecular flexibility index (Phi) is 4.56. The summed E-state index contributed by atoms with van der Waals surface area (Å²) in [6.07, 6.45) is 5.08. The van der Waals surface area contributed by atoms with Gasteiger partial charge < -0.3 is 5.73 Å². The highest BCUT2D eigenvalue weighted by atomic mass is 32.2. The van der Waals surface area contributed by atoms with Gasteiger partial charge in [-0.25, -0.2) is 9.97 Å². The van der Waals surface area contributed by atoms with Gasteiger partial charge in [0.25, 0.3) is 0 Å². The molecule has 0 saturated heterocycles. The van der Waals surface area contributed by atoms with Crippen LogP contribution in [-0.4, -0.2) is 15.7 Å². The molecule has 0 radical (unpaired) electrons. The van der Waals surface area contributed by atoms with Crippen LogP contribution in [0.3, 0.4) is 0 Å². The third-order valence-electron chi connectivity index (χ3n) is 2.18. The van der Waals surface area contributed by atoms with Crippen molar-refractivity contribution in [1.82, 2.24) is 9.97 Å². The fraction of sp³-hybridized carbons (Fsp3) is 0.545. The second-order valence-corrected chi connectivity index (χ2v) is 5.28. The Balaban J connectivity index is 2.33. The standard InChI is InChI=1S/C11H16N4S/c1-11(2,8-12)4-3-7-16-10-9(13)14-5-6-15-10/h5-6H,3-4,7H2,1-2H3,(H2,13,14). The largest absolute Gasteiger partial charge is 0.381 e. The van der Waals surface area contributed by atoms with E-state index >= 15 is 0 Å². The Morgan fingerprint density at radius 2 is 2.12 bits per heavy atom. The lowest BCUT2D eigenvalue weighted by Gasteiger charge is -2.13. The van der Waals surface area contributed by atoms with Crippen molar-refractivity contribution in [3.05, 3.63) is 12.4 Å². The number of nitrogens with two attached hydrogens (primary N) is 1. The molecule has 0 aliphatic carbocycles. The summed E-state index contributed by atoms with van der Waals surface area (Å²) in [5.74, 6) is 1.39. The zero-order valence-corrected chi connectivity index (χ0v) is 10.4. The van der Waals surface area contributed by atoms with Gasteiger partial charge in [0.15, 0.2) is 5.82 Å². The lowest BCUT2D eigenvalue weighted by atomic mass is 9.90. The fourth-order valence-corrected chi connectivity index (χ4v) is 2.00. The van der Waals surface area contributed by atoms with Gasteiger partial charge in [-0.1, -0.05) is 0 Å². The van der Waals surface area contributed by atoms with E-state index in [1.807, 2.05) is 13.8 Å². The van der Waals surface area contributed by atoms with Crippen molar-refractivity contribution in [3.8, 4) is 6.07 Å². The number of hydrogen-bond donors (Lipinski definition) is 1. The number of anilines is 1. The quantitative estimate of drug-likeness (QED) is 0.628. The van der Waals surface area contributed by atoms with Crippen LogP contribution >= 0.6 is 11.8 Å². The number of nitrogens with zero attached hydrogens (tertiary/aromatic N) is 3. The maximum Gasteiger partial charge on any atom is 0.156 e. The van der Waals surface area contributed by atoms with Crippen LogP contribution in [0.4, 0.5) is 5.82 Å². The van der Waals surface area contributed by atoms with E-state index in [0.717, 1.165) is 23.6 Å². The summed E-state index contributed by atoms with van der Waals surface area (Å²) < 4.78 is 0. The van der Waals surface area contributed by atoms with Gasteiger partial charge in [-0.2, -0.15) is 5.26 Å². The van der Waals surface area contributed by atoms with Gasteiger partial charge in [0, 0.05) is 12.4 Å². The molecule has 0 atom stereocenters. The minimum Gasteiger partial charge on any atom is -0.381 e. The molecular formula is C11H16N4S. The monoisotopic (exact) mass is 236 g/mol. The molecule has 5 heteroatoms. The Morgan fingerprint density at radius 1 is 1.44 bits per heavy atom. The summed E-state index contributed by atoms with van der Waals surface area (Å²) in [5, 5.41) is 9.63. The summed E-state index contributed by atoms with van der Waals surface area (Å²) in [4.78, 5) is 8.11. The molecule has 2 N–H and O–H groups in total. The zero-order chi connectivity index (χ0) is 12.0. The predicted octanol–water partition coefficient (Wildman–Crippen LogP) is 2.48. The van der Waals surface area contributed by atoms with Gasteiger partial charge in [0.2, 0.25) is 0 Å². The number of aromatic nitrogens is 2. The van der Waals surface area contributed by atoms with Gasteiger partial charge in [0.05, 0.1) is 11.5 Å². The summed E-state index contributed by atoms with van der Waals surface area (Å²) in [6, 6.07) is 2.29. The van der Waals surface area contributed by atoms with Crippen molar-refractivity contribution in [2.24, 2.45) is 5.41 Å². The van der Waals surface area contributed by atoms with E-state index in [0.29, 0.717) is 5.82 Å². The fourth-order valence-electron chi connectivity index (χ4n) is 1.19. The number of nitrogen functional groups attached to an aromatic ring is 1. The molecule has 0 aliphatic heterocycles. The van der Waals surface area contributed by atoms with Crippen LogP contribution in [0.5, 0.6) is 0 Å². The van der Waals surface area contributed by atoms with E-state index in [9.17, 15) is 0 Å². The summed E-state index contributed by atoms with van der Waals surface area (Å²) >= 11 is 1.59. The van der Waals surface area contributed by atoms with Crippen molar-refractivity contribution >= 4 is 17.6 Å². The summed E-state index contributed by atoms with van der Waals surface area (Å²) in [5.41, 5.74) is 5.43. The van der Waals surface area contributed by atoms with Gasteiger partial charge in [-0.05, 0) is 32.4 Å². The topological polar surface area (TPSA) is 75.6 Å². The molecular weight excluding hydrogens is 220 g/mol. The van der Waals surface area contributed by atoms with Crippen molar-refractivity contribution in [1.29, 1.82) is 5.26 Å². The second-order valence-electron chi connectivity index (χ2n) is 4.19. The van der Waals surface area contributed by atoms with E-state index in [2.05, 4.69) is 16.0 Å². The first-order chi connectivity index (χ1) is 7.55. The van der Waals surface area contributed by atoms with E-state index in [-0.39, 0.29) is 5.41 Å². The number of nitriles is 1. The molecule has 0 aliphatic rings. The molecule has 0 bridgehead atoms. The molecule has 0 unspecified atom stereocenters. The zero-order valence-electron chi connectivity index (χ0n) is 9.60. The predicted molar refractivity (Wildman–Crippen MR) is 65.8 cm³/mol. The minimum absolute atomic E-state index is 0.242. The van der Waals surface area contributed by atoms with Crippen LogP contribution in [0.15, 0.2) is 17.4 Å². The highest BCUT2D eigenvalue weighted by Crippen LogP contribution is 2.25. The highest BCUT2D eigenvalue weighted by Gasteiger charge is 2.15. The molecule has 1 heterocycles. The Bertz CT molecular complexity index is 384. The SMILES string of the molecule is CC(C)(C#N)CCCSc1nccnc1N. The third kappa shape index (κ3) is 4.07. The van der Waals surface area contributed by atoms with Gasteiger partial charge in [-0.15, -0.1) is 11.8 Å². The Morgan fingerprint density at radius 3 is 2.75 bits per heavy atom. The summed E-state index contributed by atoms with van der Waals surface area (Å²) in [7, 11) is 0. The molecule has 86 valence electrons. The smallest absolute Gasteiger partial charge is 0.156 e. The first kappa shape index (κ1) is 12.8. The first-order valence-electron chi connectivity index (χ1n) is 5.16. The molecule has 4 nitrogen and oxygen atoms in total. The maximum atomic E-state index is 8.86. The minimum atomic E-state index is -0.242. The van der Waals surface area contributed by atoms with Gasteiger partial charge in [0.1, 0.15) is 5.03 Å². The molecule has 0 fully saturated rings. The molecule has 1 aromatic heterocycles. The van der Waals surface area contributed by atoms with Crippen LogP contribution in [-0.2, 0) is 0 Å². The number of rotatable bonds is 5. The van der Waals surface area contributed by atoms with Crippen molar-refractivity contribution in [2.45, 2.75) is 31.7 Å². The van der Waals surface area contributed by atoms with Crippen LogP contribution in [0.1, 0.15) is 26.7 Å². The Hall–Kier alpha value is -1.28. The van der Waals surface area contributed by atoms with E-state index in [1.54, 1.807) is 24.2 Å². The highest BCUT2D eigenvalue weighted by molar-refractivity contribution is 7.99. The molecule has 16 heavy (non-hydrogen) atoms. The van der Waals surface area contributed by atoms with Gasteiger partial charge >= 0.3 is 0 Å². The van der Waals surface area contributed by atoms with Crippen LogP contribution in [0, 0.1) is 16.7 Å². The van der Waals surface area contributed by atoms with E-state index in [1.165, 1.54) is 0 Å². The summed E-state index contributed by atoms with van der Waals surface area (Å²) in [6.45, 7) is 3.91. The average Bonchev–Trinajstić information content (AvgIpc) is 2.27. The molecule has 0 aromatic carbocycles. The van der Waals surface area contributed by atoms with Crippen molar-refractivity contribution in [2.75, 3.05) is 11.5 Å². The van der Waals surface area contributed by atoms with Crippen molar-refractivity contribution < 1.29 is 0 Å².